The van der Waals surface area contributed by atoms with Gasteiger partial charge in [-0.2, -0.15) is 23.4 Å². The predicted octanol–water partition coefficient (Wildman–Crippen LogP) is 4.34. The molecular formula is C23H19F3N4O3. The molecule has 0 amide bonds. The maximum atomic E-state index is 12.7. The van der Waals surface area contributed by atoms with Crippen LogP contribution in [0.1, 0.15) is 23.1 Å². The highest BCUT2D eigenvalue weighted by molar-refractivity contribution is 5.48. The third kappa shape index (κ3) is 4.92. The number of anilines is 1. The fourth-order valence-electron chi connectivity index (χ4n) is 3.49. The van der Waals surface area contributed by atoms with Crippen LogP contribution < -0.4 is 20.1 Å². The molecule has 0 spiro atoms. The lowest BCUT2D eigenvalue weighted by molar-refractivity contribution is -0.137. The molecular weight excluding hydrogens is 437 g/mol. The SMILES string of the molecule is CN1CCCn2c1cc(OCc1ccc(Oc3ccc(C(F)(F)F)cc3)c(C#N)c1)nc2=O. The number of hydrogen-bond acceptors (Lipinski definition) is 6. The van der Waals surface area contributed by atoms with Crippen molar-refractivity contribution >= 4 is 5.82 Å². The summed E-state index contributed by atoms with van der Waals surface area (Å²) in [7, 11) is 1.89. The topological polar surface area (TPSA) is 80.4 Å². The molecule has 0 radical (unpaired) electrons. The number of ether oxygens (including phenoxy) is 2. The van der Waals surface area contributed by atoms with Gasteiger partial charge in [-0.25, -0.2) is 4.79 Å². The van der Waals surface area contributed by atoms with Crippen molar-refractivity contribution in [3.8, 4) is 23.4 Å². The molecule has 0 aliphatic carbocycles. The third-order valence-corrected chi connectivity index (χ3v) is 5.19. The number of rotatable bonds is 5. The van der Waals surface area contributed by atoms with E-state index in [1.54, 1.807) is 22.8 Å². The number of hydrogen-bond donors (Lipinski definition) is 0. The summed E-state index contributed by atoms with van der Waals surface area (Å²) in [5.41, 5.74) is -0.343. The maximum absolute atomic E-state index is 12.7. The molecule has 33 heavy (non-hydrogen) atoms. The van der Waals surface area contributed by atoms with Crippen LogP contribution in [-0.4, -0.2) is 23.1 Å². The molecule has 4 rings (SSSR count). The normalized spacial score (nSPS) is 13.2. The Labute approximate surface area is 187 Å². The van der Waals surface area contributed by atoms with Crippen molar-refractivity contribution < 1.29 is 22.6 Å². The Morgan fingerprint density at radius 2 is 1.88 bits per heavy atom. The fraction of sp³-hybridized carbons (Fsp3) is 0.261. The number of nitriles is 1. The monoisotopic (exact) mass is 456 g/mol. The van der Waals surface area contributed by atoms with Gasteiger partial charge in [-0.15, -0.1) is 0 Å². The van der Waals surface area contributed by atoms with Crippen LogP contribution in [0, 0.1) is 11.3 Å². The number of benzene rings is 2. The summed E-state index contributed by atoms with van der Waals surface area (Å²) in [5, 5.41) is 9.47. The first-order chi connectivity index (χ1) is 15.7. The van der Waals surface area contributed by atoms with E-state index in [1.165, 1.54) is 18.2 Å². The van der Waals surface area contributed by atoms with E-state index in [2.05, 4.69) is 4.98 Å². The van der Waals surface area contributed by atoms with Gasteiger partial charge in [0.15, 0.2) is 0 Å². The Hall–Kier alpha value is -4.00. The Morgan fingerprint density at radius 3 is 2.58 bits per heavy atom. The lowest BCUT2D eigenvalue weighted by atomic mass is 10.1. The largest absolute Gasteiger partial charge is 0.473 e. The van der Waals surface area contributed by atoms with E-state index < -0.39 is 11.7 Å². The quantitative estimate of drug-likeness (QED) is 0.568. The van der Waals surface area contributed by atoms with E-state index in [0.29, 0.717) is 12.1 Å². The van der Waals surface area contributed by atoms with Gasteiger partial charge in [-0.05, 0) is 48.4 Å². The van der Waals surface area contributed by atoms with Crippen LogP contribution in [0.4, 0.5) is 19.0 Å². The summed E-state index contributed by atoms with van der Waals surface area (Å²) in [4.78, 5) is 18.2. The lowest BCUT2D eigenvalue weighted by Crippen LogP contribution is -2.36. The molecule has 2 heterocycles. The van der Waals surface area contributed by atoms with Crippen molar-refractivity contribution in [1.82, 2.24) is 9.55 Å². The van der Waals surface area contributed by atoms with E-state index >= 15 is 0 Å². The molecule has 0 saturated carbocycles. The minimum absolute atomic E-state index is 0.0643. The van der Waals surface area contributed by atoms with Crippen LogP contribution in [0.15, 0.2) is 53.3 Å². The first-order valence-electron chi connectivity index (χ1n) is 10.1. The Balaban J connectivity index is 1.48. The second-order valence-corrected chi connectivity index (χ2v) is 7.52. The van der Waals surface area contributed by atoms with Crippen LogP contribution in [0.3, 0.4) is 0 Å². The minimum Gasteiger partial charge on any atom is -0.473 e. The highest BCUT2D eigenvalue weighted by atomic mass is 19.4. The molecule has 0 N–H and O–H groups in total. The van der Waals surface area contributed by atoms with Gasteiger partial charge in [0.05, 0.1) is 11.1 Å². The molecule has 0 unspecified atom stereocenters. The molecule has 0 bridgehead atoms. The van der Waals surface area contributed by atoms with Gasteiger partial charge < -0.3 is 14.4 Å². The molecule has 10 heteroatoms. The molecule has 1 aliphatic rings. The third-order valence-electron chi connectivity index (χ3n) is 5.19. The maximum Gasteiger partial charge on any atom is 0.416 e. The minimum atomic E-state index is -4.44. The van der Waals surface area contributed by atoms with Gasteiger partial charge in [0.2, 0.25) is 5.88 Å². The second-order valence-electron chi connectivity index (χ2n) is 7.52. The van der Waals surface area contributed by atoms with E-state index in [9.17, 15) is 23.2 Å². The highest BCUT2D eigenvalue weighted by Gasteiger charge is 2.30. The van der Waals surface area contributed by atoms with Gasteiger partial charge >= 0.3 is 11.9 Å². The molecule has 7 nitrogen and oxygen atoms in total. The van der Waals surface area contributed by atoms with E-state index in [4.69, 9.17) is 9.47 Å². The standard InChI is InChI=1S/C23H19F3N4O3/c1-29-9-2-10-30-21(29)12-20(28-22(30)31)32-14-15-3-8-19(16(11-15)13-27)33-18-6-4-17(5-7-18)23(24,25)26/h3-8,11-12H,2,9-10,14H2,1H3. The summed E-state index contributed by atoms with van der Waals surface area (Å²) in [6.07, 6.45) is -3.57. The summed E-state index contributed by atoms with van der Waals surface area (Å²) in [5.74, 6) is 1.29. The van der Waals surface area contributed by atoms with Crippen LogP contribution in [0.2, 0.25) is 0 Å². The summed E-state index contributed by atoms with van der Waals surface area (Å²) >= 11 is 0. The zero-order chi connectivity index (χ0) is 23.6. The van der Waals surface area contributed by atoms with Gasteiger partial charge in [-0.1, -0.05) is 6.07 Å². The van der Waals surface area contributed by atoms with E-state index in [1.807, 2.05) is 18.0 Å². The summed E-state index contributed by atoms with van der Waals surface area (Å²) < 4.78 is 51.0. The van der Waals surface area contributed by atoms with Crippen LogP contribution >= 0.6 is 0 Å². The zero-order valence-corrected chi connectivity index (χ0v) is 17.6. The van der Waals surface area contributed by atoms with Crippen molar-refractivity contribution in [2.75, 3.05) is 18.5 Å². The highest BCUT2D eigenvalue weighted by Crippen LogP contribution is 2.32. The van der Waals surface area contributed by atoms with E-state index in [-0.39, 0.29) is 35.2 Å². The first kappa shape index (κ1) is 22.2. The smallest absolute Gasteiger partial charge is 0.416 e. The lowest BCUT2D eigenvalue weighted by Gasteiger charge is -2.28. The van der Waals surface area contributed by atoms with Gasteiger partial charge in [0, 0.05) is 26.2 Å². The van der Waals surface area contributed by atoms with Gasteiger partial charge in [0.1, 0.15) is 30.0 Å². The van der Waals surface area contributed by atoms with E-state index in [0.717, 1.165) is 30.9 Å². The average Bonchev–Trinajstić information content (AvgIpc) is 2.79. The number of aromatic nitrogens is 2. The molecule has 170 valence electrons. The number of halogens is 3. The Morgan fingerprint density at radius 1 is 1.12 bits per heavy atom. The number of nitrogens with zero attached hydrogens (tertiary/aromatic N) is 4. The molecule has 0 fully saturated rings. The number of alkyl halides is 3. The van der Waals surface area contributed by atoms with Crippen molar-refractivity contribution in [2.45, 2.75) is 25.7 Å². The zero-order valence-electron chi connectivity index (χ0n) is 17.6. The molecule has 0 atom stereocenters. The summed E-state index contributed by atoms with van der Waals surface area (Å²) in [6, 6.07) is 12.7. The van der Waals surface area contributed by atoms with Gasteiger partial charge in [-0.3, -0.25) is 4.57 Å². The number of fused-ring (bicyclic) bond motifs is 1. The van der Waals surface area contributed by atoms with Crippen LogP contribution in [0.5, 0.6) is 17.4 Å². The molecule has 0 saturated heterocycles. The summed E-state index contributed by atoms with van der Waals surface area (Å²) in [6.45, 7) is 1.50. The molecule has 1 aromatic heterocycles. The molecule has 1 aliphatic heterocycles. The first-order valence-corrected chi connectivity index (χ1v) is 10.1. The second kappa shape index (κ2) is 8.86. The molecule has 3 aromatic rings. The van der Waals surface area contributed by atoms with Crippen LogP contribution in [-0.2, 0) is 19.3 Å². The Bertz CT molecular complexity index is 1260. The fourth-order valence-corrected chi connectivity index (χ4v) is 3.49. The van der Waals surface area contributed by atoms with Crippen molar-refractivity contribution in [2.24, 2.45) is 0 Å². The van der Waals surface area contributed by atoms with Crippen molar-refractivity contribution in [3.63, 3.8) is 0 Å². The van der Waals surface area contributed by atoms with Crippen molar-refractivity contribution in [3.05, 3.63) is 75.7 Å². The van der Waals surface area contributed by atoms with Gasteiger partial charge in [0.25, 0.3) is 0 Å². The average molecular weight is 456 g/mol. The van der Waals surface area contributed by atoms with Crippen LogP contribution in [0.25, 0.3) is 0 Å². The van der Waals surface area contributed by atoms with Crippen molar-refractivity contribution in [1.29, 1.82) is 5.26 Å². The molecule has 2 aromatic carbocycles. The Kier molecular flexibility index (Phi) is 5.96. The predicted molar refractivity (Wildman–Crippen MR) is 113 cm³/mol.